The Morgan fingerprint density at radius 1 is 0.585 bits per heavy atom. The molecule has 0 aromatic carbocycles. The van der Waals surface area contributed by atoms with Crippen molar-refractivity contribution in [1.29, 1.82) is 0 Å². The van der Waals surface area contributed by atoms with Crippen molar-refractivity contribution in [1.82, 2.24) is 0 Å². The Bertz CT molecular complexity index is 1100. The van der Waals surface area contributed by atoms with Crippen LogP contribution in [-0.2, 0) is 28.6 Å². The highest BCUT2D eigenvalue weighted by atomic mass is 16.6. The molecule has 8 heteroatoms. The Balaban J connectivity index is 4.45. The number of esters is 2. The molecule has 2 unspecified atom stereocenters. The molecule has 1 N–H and O–H groups in total. The lowest BCUT2D eigenvalue weighted by atomic mass is 10.1. The highest BCUT2D eigenvalue weighted by molar-refractivity contribution is 5.72. The number of carbonyl (C=O) groups excluding carboxylic acids is 2. The minimum absolute atomic E-state index is 0.0447. The fourth-order valence-electron chi connectivity index (χ4n) is 5.52. The van der Waals surface area contributed by atoms with Gasteiger partial charge in [-0.25, -0.2) is 4.79 Å². The number of aliphatic carboxylic acids is 1. The van der Waals surface area contributed by atoms with E-state index in [4.69, 9.17) is 14.2 Å². The molecule has 302 valence electrons. The topological polar surface area (TPSA) is 99.1 Å². The van der Waals surface area contributed by atoms with E-state index in [2.05, 4.69) is 86.8 Å². The van der Waals surface area contributed by atoms with E-state index < -0.39 is 18.1 Å². The van der Waals surface area contributed by atoms with E-state index in [1.165, 1.54) is 19.3 Å². The van der Waals surface area contributed by atoms with Gasteiger partial charge in [-0.1, -0.05) is 132 Å². The Labute approximate surface area is 323 Å². The molecule has 2 atom stereocenters. The number of unbranched alkanes of at least 4 members (excludes halogenated alkanes) is 11. The molecule has 0 aromatic heterocycles. The van der Waals surface area contributed by atoms with Crippen LogP contribution < -0.4 is 0 Å². The fourth-order valence-corrected chi connectivity index (χ4v) is 5.52. The Hall–Kier alpha value is -3.23. The van der Waals surface area contributed by atoms with Crippen molar-refractivity contribution in [3.8, 4) is 0 Å². The molecule has 0 amide bonds. The van der Waals surface area contributed by atoms with Crippen molar-refractivity contribution in [2.24, 2.45) is 0 Å². The maximum absolute atomic E-state index is 12.7. The number of rotatable bonds is 35. The molecule has 53 heavy (non-hydrogen) atoms. The molecule has 0 heterocycles. The molecule has 0 aliphatic carbocycles. The number of hydrogen-bond acceptors (Lipinski definition) is 6. The molecule has 0 fully saturated rings. The van der Waals surface area contributed by atoms with Gasteiger partial charge in [-0.2, -0.15) is 0 Å². The average molecular weight is 743 g/mol. The van der Waals surface area contributed by atoms with Gasteiger partial charge >= 0.3 is 17.9 Å². The number of hydrogen-bond donors (Lipinski definition) is 1. The molecule has 0 aliphatic heterocycles. The number of ether oxygens (including phenoxy) is 3. The van der Waals surface area contributed by atoms with Crippen molar-refractivity contribution in [2.45, 2.75) is 154 Å². The van der Waals surface area contributed by atoms with Crippen LogP contribution in [0.25, 0.3) is 0 Å². The van der Waals surface area contributed by atoms with Crippen LogP contribution in [0.2, 0.25) is 0 Å². The molecule has 0 aliphatic rings. The zero-order chi connectivity index (χ0) is 39.3. The first-order valence-corrected chi connectivity index (χ1v) is 20.5. The fraction of sp³-hybridized carbons (Fsp3) is 0.667. The van der Waals surface area contributed by atoms with Gasteiger partial charge < -0.3 is 23.8 Å². The second-order valence-corrected chi connectivity index (χ2v) is 14.5. The van der Waals surface area contributed by atoms with Crippen LogP contribution in [0.4, 0.5) is 0 Å². The SMILES string of the molecule is CC/C=C/C=C/C=C/CCCCCCCCCC(=O)OC(COCCC(C(=O)O)[N+](C)(C)C)COC(=O)CCCCCC/C=C/C/C=C/C/C=C/CC. The third-order valence-corrected chi connectivity index (χ3v) is 8.66. The summed E-state index contributed by atoms with van der Waals surface area (Å²) >= 11 is 0. The van der Waals surface area contributed by atoms with E-state index in [0.717, 1.165) is 89.9 Å². The number of carboxylic acid groups (broad SMARTS) is 1. The summed E-state index contributed by atoms with van der Waals surface area (Å²) < 4.78 is 17.2. The highest BCUT2D eigenvalue weighted by Crippen LogP contribution is 2.13. The summed E-state index contributed by atoms with van der Waals surface area (Å²) in [7, 11) is 5.50. The van der Waals surface area contributed by atoms with Gasteiger partial charge in [0.15, 0.2) is 12.1 Å². The van der Waals surface area contributed by atoms with Crippen LogP contribution in [0.15, 0.2) is 72.9 Å². The molecule has 0 aromatic rings. The summed E-state index contributed by atoms with van der Waals surface area (Å²) in [6.07, 6.45) is 43.7. The number of carbonyl (C=O) groups is 3. The zero-order valence-electron chi connectivity index (χ0n) is 34.2. The van der Waals surface area contributed by atoms with E-state index in [1.54, 1.807) is 0 Å². The van der Waals surface area contributed by atoms with Gasteiger partial charge in [0.2, 0.25) is 0 Å². The third kappa shape index (κ3) is 34.3. The van der Waals surface area contributed by atoms with Gasteiger partial charge in [-0.05, 0) is 64.2 Å². The van der Waals surface area contributed by atoms with Gasteiger partial charge in [-0.3, -0.25) is 9.59 Å². The third-order valence-electron chi connectivity index (χ3n) is 8.66. The quantitative estimate of drug-likeness (QED) is 0.0227. The maximum Gasteiger partial charge on any atom is 0.362 e. The van der Waals surface area contributed by atoms with Gasteiger partial charge in [0, 0.05) is 19.3 Å². The molecular formula is C45H76NO7+. The predicted molar refractivity (Wildman–Crippen MR) is 220 cm³/mol. The van der Waals surface area contributed by atoms with Gasteiger partial charge in [0.25, 0.3) is 0 Å². The summed E-state index contributed by atoms with van der Waals surface area (Å²) in [5, 5.41) is 9.60. The lowest BCUT2D eigenvalue weighted by Crippen LogP contribution is -2.50. The van der Waals surface area contributed by atoms with Crippen molar-refractivity contribution in [2.75, 3.05) is 41.0 Å². The molecule has 0 spiro atoms. The number of quaternary nitrogens is 1. The minimum atomic E-state index is -0.884. The van der Waals surface area contributed by atoms with Crippen LogP contribution in [0, 0.1) is 0 Å². The molecule has 8 nitrogen and oxygen atoms in total. The first-order chi connectivity index (χ1) is 25.6. The van der Waals surface area contributed by atoms with Crippen LogP contribution in [0.1, 0.15) is 142 Å². The smallest absolute Gasteiger partial charge is 0.362 e. The highest BCUT2D eigenvalue weighted by Gasteiger charge is 2.31. The van der Waals surface area contributed by atoms with Gasteiger partial charge in [-0.15, -0.1) is 0 Å². The van der Waals surface area contributed by atoms with Crippen molar-refractivity contribution in [3.63, 3.8) is 0 Å². The second-order valence-electron chi connectivity index (χ2n) is 14.5. The van der Waals surface area contributed by atoms with Crippen molar-refractivity contribution in [3.05, 3.63) is 72.9 Å². The lowest BCUT2D eigenvalue weighted by molar-refractivity contribution is -0.887. The van der Waals surface area contributed by atoms with E-state index in [-0.39, 0.29) is 36.2 Å². The van der Waals surface area contributed by atoms with E-state index >= 15 is 0 Å². The number of likely N-dealkylation sites (N-methyl/N-ethyl adjacent to an activating group) is 1. The molecule has 0 bridgehead atoms. The lowest BCUT2D eigenvalue weighted by Gasteiger charge is -2.31. The van der Waals surface area contributed by atoms with Crippen molar-refractivity contribution < 1.29 is 38.2 Å². The van der Waals surface area contributed by atoms with E-state index in [9.17, 15) is 19.5 Å². The first kappa shape index (κ1) is 49.8. The minimum Gasteiger partial charge on any atom is -0.477 e. The Morgan fingerprint density at radius 2 is 1.09 bits per heavy atom. The summed E-state index contributed by atoms with van der Waals surface area (Å²) in [6.45, 7) is 4.43. The summed E-state index contributed by atoms with van der Waals surface area (Å²) in [5.74, 6) is -1.52. The summed E-state index contributed by atoms with van der Waals surface area (Å²) in [4.78, 5) is 36.9. The van der Waals surface area contributed by atoms with Crippen LogP contribution in [0.3, 0.4) is 0 Å². The molecule has 0 rings (SSSR count). The number of nitrogens with zero attached hydrogens (tertiary/aromatic N) is 1. The molecule has 0 saturated heterocycles. The molecule has 0 radical (unpaired) electrons. The Kier molecular flexibility index (Phi) is 33.6. The van der Waals surface area contributed by atoms with Crippen LogP contribution in [0.5, 0.6) is 0 Å². The predicted octanol–water partition coefficient (Wildman–Crippen LogP) is 10.8. The monoisotopic (exact) mass is 743 g/mol. The summed E-state index contributed by atoms with van der Waals surface area (Å²) in [5.41, 5.74) is 0. The number of allylic oxidation sites excluding steroid dienone is 12. The normalized spacial score (nSPS) is 13.8. The first-order valence-electron chi connectivity index (χ1n) is 20.5. The zero-order valence-corrected chi connectivity index (χ0v) is 34.2. The van der Waals surface area contributed by atoms with E-state index in [0.29, 0.717) is 19.3 Å². The van der Waals surface area contributed by atoms with Gasteiger partial charge in [0.05, 0.1) is 34.4 Å². The van der Waals surface area contributed by atoms with Gasteiger partial charge in [0.1, 0.15) is 6.61 Å². The van der Waals surface area contributed by atoms with Crippen molar-refractivity contribution >= 4 is 17.9 Å². The molecular weight excluding hydrogens is 666 g/mol. The average Bonchev–Trinajstić information content (AvgIpc) is 3.11. The van der Waals surface area contributed by atoms with Crippen LogP contribution in [-0.4, -0.2) is 80.6 Å². The standard InChI is InChI=1S/C45H75NO7/c1-6-8-10-12-14-16-18-20-22-24-26-28-30-32-34-36-44(48)53-41(39-51-38-37-42(45(49)50)46(3,4)5)40-52-43(47)35-33-31-29-27-25-23-21-19-17-15-13-11-9-7-2/h8-12,14-18,21,23,41-42H,6-7,13,19-20,22,24-40H2,1-5H3/p+1/b10-8+,11-9+,14-12+,17-15+,18-16+,23-21+. The molecule has 0 saturated carbocycles. The summed E-state index contributed by atoms with van der Waals surface area (Å²) in [6, 6.07) is -0.623. The largest absolute Gasteiger partial charge is 0.477 e. The van der Waals surface area contributed by atoms with Crippen LogP contribution >= 0.6 is 0 Å². The second kappa shape index (κ2) is 35.8. The van der Waals surface area contributed by atoms with E-state index in [1.807, 2.05) is 21.1 Å². The number of carboxylic acids is 1. The maximum atomic E-state index is 12.7. The Morgan fingerprint density at radius 3 is 1.68 bits per heavy atom.